The minimum atomic E-state index is -0.785. The molecule has 6 nitrogen and oxygen atoms in total. The zero-order valence-corrected chi connectivity index (χ0v) is 53.3. The van der Waals surface area contributed by atoms with Crippen molar-refractivity contribution in [2.24, 2.45) is 0 Å². The van der Waals surface area contributed by atoms with Crippen molar-refractivity contribution in [3.8, 4) is 0 Å². The number of hydrogen-bond donors (Lipinski definition) is 0. The molecular formula is C75H128O6. The lowest BCUT2D eigenvalue weighted by Gasteiger charge is -2.18. The van der Waals surface area contributed by atoms with Gasteiger partial charge in [0.15, 0.2) is 6.10 Å². The van der Waals surface area contributed by atoms with Crippen molar-refractivity contribution < 1.29 is 28.6 Å². The largest absolute Gasteiger partial charge is 0.462 e. The van der Waals surface area contributed by atoms with E-state index < -0.39 is 6.10 Å². The van der Waals surface area contributed by atoms with Crippen LogP contribution in [-0.4, -0.2) is 37.2 Å². The normalized spacial score (nSPS) is 12.8. The van der Waals surface area contributed by atoms with E-state index in [1.54, 1.807) is 0 Å². The Hall–Kier alpha value is -3.93. The lowest BCUT2D eigenvalue weighted by molar-refractivity contribution is -0.167. The Kier molecular flexibility index (Phi) is 65.2. The minimum Gasteiger partial charge on any atom is -0.462 e. The highest BCUT2D eigenvalue weighted by Gasteiger charge is 2.19. The Labute approximate surface area is 501 Å². The average molecular weight is 1130 g/mol. The van der Waals surface area contributed by atoms with Crippen LogP contribution in [0.1, 0.15) is 329 Å². The molecule has 0 aromatic carbocycles. The molecule has 1 atom stereocenters. The molecule has 0 N–H and O–H groups in total. The minimum absolute atomic E-state index is 0.0801. The van der Waals surface area contributed by atoms with Gasteiger partial charge in [-0.15, -0.1) is 0 Å². The number of rotatable bonds is 62. The number of unbranched alkanes of at least 4 members (excludes halogenated alkanes) is 33. The molecule has 464 valence electrons. The Morgan fingerprint density at radius 1 is 0.259 bits per heavy atom. The average Bonchev–Trinajstić information content (AvgIpc) is 3.47. The van der Waals surface area contributed by atoms with Gasteiger partial charge in [0, 0.05) is 19.3 Å². The number of carbonyl (C=O) groups excluding carboxylic acids is 3. The van der Waals surface area contributed by atoms with Gasteiger partial charge >= 0.3 is 17.9 Å². The molecule has 0 fully saturated rings. The van der Waals surface area contributed by atoms with Crippen molar-refractivity contribution in [2.45, 2.75) is 335 Å². The Balaban J connectivity index is 4.30. The number of hydrogen-bond acceptors (Lipinski definition) is 6. The summed E-state index contributed by atoms with van der Waals surface area (Å²) in [6.07, 6.45) is 93.8. The van der Waals surface area contributed by atoms with Gasteiger partial charge in [0.2, 0.25) is 0 Å². The predicted molar refractivity (Wildman–Crippen MR) is 353 cm³/mol. The molecule has 0 amide bonds. The van der Waals surface area contributed by atoms with Crippen molar-refractivity contribution in [1.29, 1.82) is 0 Å². The maximum atomic E-state index is 12.9. The van der Waals surface area contributed by atoms with Crippen molar-refractivity contribution in [1.82, 2.24) is 0 Å². The number of ether oxygens (including phenoxy) is 3. The molecule has 0 aromatic rings. The van der Waals surface area contributed by atoms with Gasteiger partial charge in [0.05, 0.1) is 0 Å². The second-order valence-electron chi connectivity index (χ2n) is 22.7. The van der Waals surface area contributed by atoms with Crippen LogP contribution in [0.5, 0.6) is 0 Å². The lowest BCUT2D eigenvalue weighted by Crippen LogP contribution is -2.30. The first-order valence-corrected chi connectivity index (χ1v) is 34.4. The van der Waals surface area contributed by atoms with E-state index in [1.807, 2.05) is 0 Å². The van der Waals surface area contributed by atoms with Crippen molar-refractivity contribution >= 4 is 17.9 Å². The van der Waals surface area contributed by atoms with E-state index in [-0.39, 0.29) is 31.1 Å². The molecule has 0 radical (unpaired) electrons. The van der Waals surface area contributed by atoms with Crippen LogP contribution in [0.2, 0.25) is 0 Å². The molecule has 0 spiro atoms. The highest BCUT2D eigenvalue weighted by molar-refractivity contribution is 5.71. The fourth-order valence-electron chi connectivity index (χ4n) is 9.63. The van der Waals surface area contributed by atoms with Gasteiger partial charge in [-0.1, -0.05) is 310 Å². The molecule has 0 aliphatic rings. The molecule has 81 heavy (non-hydrogen) atoms. The topological polar surface area (TPSA) is 78.9 Å². The molecule has 0 saturated heterocycles. The predicted octanol–water partition coefficient (Wildman–Crippen LogP) is 23.8. The second-order valence-corrected chi connectivity index (χ2v) is 22.7. The van der Waals surface area contributed by atoms with Gasteiger partial charge in [-0.2, -0.15) is 0 Å². The van der Waals surface area contributed by atoms with E-state index in [2.05, 4.69) is 130 Å². The van der Waals surface area contributed by atoms with E-state index in [9.17, 15) is 14.4 Å². The Bertz CT molecular complexity index is 1620. The molecule has 0 aliphatic carbocycles. The van der Waals surface area contributed by atoms with Crippen molar-refractivity contribution in [2.75, 3.05) is 13.2 Å². The maximum absolute atomic E-state index is 12.9. The lowest BCUT2D eigenvalue weighted by atomic mass is 10.0. The molecular weight excluding hydrogens is 997 g/mol. The van der Waals surface area contributed by atoms with Crippen LogP contribution in [0.15, 0.2) is 109 Å². The number of carbonyl (C=O) groups is 3. The smallest absolute Gasteiger partial charge is 0.306 e. The molecule has 0 aliphatic heterocycles. The quantitative estimate of drug-likeness (QED) is 0.0261. The summed E-state index contributed by atoms with van der Waals surface area (Å²) < 4.78 is 17.0. The first-order chi connectivity index (χ1) is 40.0. The van der Waals surface area contributed by atoms with Gasteiger partial charge < -0.3 is 14.2 Å². The third kappa shape index (κ3) is 66.8. The van der Waals surface area contributed by atoms with Gasteiger partial charge in [-0.25, -0.2) is 0 Å². The maximum Gasteiger partial charge on any atom is 0.306 e. The van der Waals surface area contributed by atoms with Gasteiger partial charge in [0.25, 0.3) is 0 Å². The Morgan fingerprint density at radius 2 is 0.481 bits per heavy atom. The van der Waals surface area contributed by atoms with E-state index >= 15 is 0 Å². The molecule has 0 aromatic heterocycles. The van der Waals surface area contributed by atoms with Crippen LogP contribution in [0.4, 0.5) is 0 Å². The summed E-state index contributed by atoms with van der Waals surface area (Å²) >= 11 is 0. The number of allylic oxidation sites excluding steroid dienone is 18. The molecule has 0 saturated carbocycles. The molecule has 0 heterocycles. The first-order valence-electron chi connectivity index (χ1n) is 34.4. The fourth-order valence-corrected chi connectivity index (χ4v) is 9.63. The summed E-state index contributed by atoms with van der Waals surface area (Å²) in [6.45, 7) is 6.53. The first kappa shape index (κ1) is 77.1. The van der Waals surface area contributed by atoms with Crippen LogP contribution < -0.4 is 0 Å². The van der Waals surface area contributed by atoms with Crippen LogP contribution >= 0.6 is 0 Å². The second kappa shape index (κ2) is 68.6. The van der Waals surface area contributed by atoms with E-state index in [0.29, 0.717) is 19.3 Å². The van der Waals surface area contributed by atoms with E-state index in [4.69, 9.17) is 14.2 Å². The van der Waals surface area contributed by atoms with Crippen LogP contribution in [-0.2, 0) is 28.6 Å². The van der Waals surface area contributed by atoms with Crippen LogP contribution in [0, 0.1) is 0 Å². The van der Waals surface area contributed by atoms with E-state index in [1.165, 1.54) is 167 Å². The zero-order chi connectivity index (χ0) is 58.5. The van der Waals surface area contributed by atoms with Crippen molar-refractivity contribution in [3.05, 3.63) is 109 Å². The molecule has 0 rings (SSSR count). The summed E-state index contributed by atoms with van der Waals surface area (Å²) in [5.74, 6) is -0.881. The SMILES string of the molecule is CC/C=C\C/C=C\C/C=C\C/C=C\C/C=C\C/C=C\C/C=C\CCCCCCCCCCCC(=O)OCC(COC(=O)CCCCCCCCCCCCCCCC)OC(=O)CCCCCCCCC/C=C\C/C=C\CCCCCC. The monoisotopic (exact) mass is 1120 g/mol. The highest BCUT2D eigenvalue weighted by Crippen LogP contribution is 2.17. The highest BCUT2D eigenvalue weighted by atomic mass is 16.6. The van der Waals surface area contributed by atoms with Gasteiger partial charge in [-0.05, 0) is 109 Å². The molecule has 1 unspecified atom stereocenters. The summed E-state index contributed by atoms with van der Waals surface area (Å²) in [5, 5.41) is 0. The van der Waals surface area contributed by atoms with Crippen molar-refractivity contribution in [3.63, 3.8) is 0 Å². The van der Waals surface area contributed by atoms with Gasteiger partial charge in [0.1, 0.15) is 13.2 Å². The fraction of sp³-hybridized carbons (Fsp3) is 0.720. The zero-order valence-electron chi connectivity index (χ0n) is 53.3. The third-order valence-corrected chi connectivity index (χ3v) is 14.8. The Morgan fingerprint density at radius 3 is 0.765 bits per heavy atom. The number of esters is 3. The standard InChI is InChI=1S/C75H128O6/c1-4-7-10-13-16-19-22-25-28-30-32-33-34-35-36-37-38-39-40-41-42-43-44-46-47-50-53-56-59-62-65-68-74(77)80-71-72(70-79-73(76)67-64-61-58-55-52-49-27-24-21-18-15-12-9-6-3)81-75(78)69-66-63-60-57-54-51-48-45-31-29-26-23-20-17-14-11-8-5-2/h7,10,16,19-20,23,25,28-29,31-33,35-36,38-39,41-42,72H,4-6,8-9,11-15,17-18,21-22,24,26-27,30,34,37,40,43-71H2,1-3H3/b10-7-,19-16-,23-20-,28-25-,31-29-,33-32-,36-35-,39-38-,42-41-. The summed E-state index contributed by atoms with van der Waals surface area (Å²) in [5.41, 5.74) is 0. The summed E-state index contributed by atoms with van der Waals surface area (Å²) in [7, 11) is 0. The van der Waals surface area contributed by atoms with E-state index in [0.717, 1.165) is 122 Å². The summed E-state index contributed by atoms with van der Waals surface area (Å²) in [4.78, 5) is 38.4. The molecule has 0 bridgehead atoms. The van der Waals surface area contributed by atoms with Gasteiger partial charge in [-0.3, -0.25) is 14.4 Å². The summed E-state index contributed by atoms with van der Waals surface area (Å²) in [6, 6.07) is 0. The van der Waals surface area contributed by atoms with Crippen LogP contribution in [0.25, 0.3) is 0 Å². The molecule has 6 heteroatoms. The van der Waals surface area contributed by atoms with Crippen LogP contribution in [0.3, 0.4) is 0 Å². The third-order valence-electron chi connectivity index (χ3n) is 14.8.